The molecule has 0 saturated carbocycles. The topological polar surface area (TPSA) is 43.8 Å². The maximum Gasteiger partial charge on any atom is 0.112 e. The van der Waals surface area contributed by atoms with E-state index in [0.717, 1.165) is 17.8 Å². The molecule has 0 fully saturated rings. The Bertz CT molecular complexity index is 525. The number of nitrogens with two attached hydrogens (primary N) is 1. The molecule has 0 aliphatic heterocycles. The van der Waals surface area contributed by atoms with E-state index in [9.17, 15) is 0 Å². The smallest absolute Gasteiger partial charge is 0.112 e. The molecule has 0 bridgehead atoms. The van der Waals surface area contributed by atoms with E-state index < -0.39 is 0 Å². The Labute approximate surface area is 103 Å². The third kappa shape index (κ3) is 2.07. The van der Waals surface area contributed by atoms with Gasteiger partial charge in [-0.15, -0.1) is 0 Å². The Balaban J connectivity index is 2.55. The summed E-state index contributed by atoms with van der Waals surface area (Å²) in [6, 6.07) is 6.47. The van der Waals surface area contributed by atoms with Crippen LogP contribution in [0, 0.1) is 0 Å². The van der Waals surface area contributed by atoms with Crippen LogP contribution < -0.4 is 5.73 Å². The number of benzene rings is 1. The first-order valence-electron chi connectivity index (χ1n) is 6.26. The molecule has 0 aliphatic rings. The van der Waals surface area contributed by atoms with Gasteiger partial charge < -0.3 is 10.3 Å². The number of fused-ring (bicyclic) bond motifs is 1. The molecule has 17 heavy (non-hydrogen) atoms. The Kier molecular flexibility index (Phi) is 3.20. The fraction of sp³-hybridized carbons (Fsp3) is 0.500. The summed E-state index contributed by atoms with van der Waals surface area (Å²) in [5.41, 5.74) is 9.46. The maximum atomic E-state index is 6.06. The molecule has 1 aromatic heterocycles. The van der Waals surface area contributed by atoms with Gasteiger partial charge in [-0.05, 0) is 24.1 Å². The highest BCUT2D eigenvalue weighted by atomic mass is 15.1. The van der Waals surface area contributed by atoms with E-state index in [4.69, 9.17) is 10.7 Å². The van der Waals surface area contributed by atoms with Crippen LogP contribution in [0.5, 0.6) is 0 Å². The normalized spacial score (nSPS) is 13.5. The van der Waals surface area contributed by atoms with Gasteiger partial charge in [0, 0.05) is 19.0 Å². The highest BCUT2D eigenvalue weighted by molar-refractivity contribution is 5.77. The molecule has 0 amide bonds. The predicted molar refractivity (Wildman–Crippen MR) is 72.0 cm³/mol. The minimum Gasteiger partial charge on any atom is -0.331 e. The predicted octanol–water partition coefficient (Wildman–Crippen LogP) is 3.11. The minimum atomic E-state index is 0.115. The summed E-state index contributed by atoms with van der Waals surface area (Å²) in [6.07, 6.45) is 0.954. The number of imidazole rings is 1. The van der Waals surface area contributed by atoms with Gasteiger partial charge in [0.25, 0.3) is 0 Å². The first-order valence-corrected chi connectivity index (χ1v) is 6.26. The zero-order valence-electron chi connectivity index (χ0n) is 11.1. The van der Waals surface area contributed by atoms with Crippen molar-refractivity contribution in [1.29, 1.82) is 0 Å². The quantitative estimate of drug-likeness (QED) is 0.882. The van der Waals surface area contributed by atoms with Crippen LogP contribution in [0.1, 0.15) is 50.5 Å². The van der Waals surface area contributed by atoms with E-state index in [1.165, 1.54) is 11.1 Å². The molecule has 0 spiro atoms. The Hall–Kier alpha value is -1.35. The lowest BCUT2D eigenvalue weighted by molar-refractivity contribution is 0.699. The number of aryl methyl sites for hydroxylation is 1. The van der Waals surface area contributed by atoms with Crippen molar-refractivity contribution in [1.82, 2.24) is 9.55 Å². The molecule has 3 nitrogen and oxygen atoms in total. The van der Waals surface area contributed by atoms with E-state index in [1.54, 1.807) is 0 Å². The van der Waals surface area contributed by atoms with Crippen LogP contribution in [0.15, 0.2) is 18.2 Å². The molecule has 0 saturated heterocycles. The monoisotopic (exact) mass is 231 g/mol. The molecule has 0 radical (unpaired) electrons. The highest BCUT2D eigenvalue weighted by Crippen LogP contribution is 2.24. The van der Waals surface area contributed by atoms with Gasteiger partial charge >= 0.3 is 0 Å². The van der Waals surface area contributed by atoms with E-state index in [1.807, 2.05) is 0 Å². The van der Waals surface area contributed by atoms with Gasteiger partial charge in [-0.1, -0.05) is 26.8 Å². The van der Waals surface area contributed by atoms with Gasteiger partial charge in [0.1, 0.15) is 5.82 Å². The Morgan fingerprint density at radius 3 is 2.65 bits per heavy atom. The SMILES string of the molecule is CCC(N)c1ccc2c(c1)nc(C(C)C)n2C. The van der Waals surface area contributed by atoms with Crippen LogP contribution >= 0.6 is 0 Å². The van der Waals surface area contributed by atoms with Crippen molar-refractivity contribution in [3.63, 3.8) is 0 Å². The highest BCUT2D eigenvalue weighted by Gasteiger charge is 2.12. The molecule has 2 aromatic rings. The van der Waals surface area contributed by atoms with Gasteiger partial charge in [0.2, 0.25) is 0 Å². The van der Waals surface area contributed by atoms with Crippen molar-refractivity contribution in [2.24, 2.45) is 12.8 Å². The average molecular weight is 231 g/mol. The first-order chi connectivity index (χ1) is 8.04. The second-order valence-corrected chi connectivity index (χ2v) is 4.95. The molecule has 1 aromatic carbocycles. The molecule has 0 aliphatic carbocycles. The van der Waals surface area contributed by atoms with Crippen LogP contribution in [0.3, 0.4) is 0 Å². The summed E-state index contributed by atoms with van der Waals surface area (Å²) in [5.74, 6) is 1.57. The molecule has 2 rings (SSSR count). The summed E-state index contributed by atoms with van der Waals surface area (Å²) in [7, 11) is 2.07. The van der Waals surface area contributed by atoms with Crippen LogP contribution in [0.2, 0.25) is 0 Å². The number of nitrogens with zero attached hydrogens (tertiary/aromatic N) is 2. The maximum absolute atomic E-state index is 6.06. The zero-order chi connectivity index (χ0) is 12.6. The van der Waals surface area contributed by atoms with Gasteiger partial charge in [0.05, 0.1) is 11.0 Å². The second-order valence-electron chi connectivity index (χ2n) is 4.95. The number of hydrogen-bond donors (Lipinski definition) is 1. The van der Waals surface area contributed by atoms with Crippen LogP contribution in [-0.2, 0) is 7.05 Å². The lowest BCUT2D eigenvalue weighted by atomic mass is 10.1. The molecule has 1 heterocycles. The van der Waals surface area contributed by atoms with Gasteiger partial charge in [0.15, 0.2) is 0 Å². The summed E-state index contributed by atoms with van der Waals surface area (Å²) >= 11 is 0. The molecule has 3 heteroatoms. The summed E-state index contributed by atoms with van der Waals surface area (Å²) in [5, 5.41) is 0. The number of hydrogen-bond acceptors (Lipinski definition) is 2. The van der Waals surface area contributed by atoms with E-state index >= 15 is 0 Å². The number of rotatable bonds is 3. The summed E-state index contributed by atoms with van der Waals surface area (Å²) in [4.78, 5) is 4.70. The first kappa shape index (κ1) is 12.1. The molecule has 2 N–H and O–H groups in total. The van der Waals surface area contributed by atoms with Crippen molar-refractivity contribution in [2.45, 2.75) is 39.2 Å². The Morgan fingerprint density at radius 1 is 1.35 bits per heavy atom. The second kappa shape index (κ2) is 4.49. The van der Waals surface area contributed by atoms with Crippen molar-refractivity contribution >= 4 is 11.0 Å². The van der Waals surface area contributed by atoms with Crippen LogP contribution in [0.25, 0.3) is 11.0 Å². The lowest BCUT2D eigenvalue weighted by Crippen LogP contribution is -2.08. The lowest BCUT2D eigenvalue weighted by Gasteiger charge is -2.08. The minimum absolute atomic E-state index is 0.115. The zero-order valence-corrected chi connectivity index (χ0v) is 11.1. The molecule has 92 valence electrons. The fourth-order valence-electron chi connectivity index (χ4n) is 2.22. The van der Waals surface area contributed by atoms with Gasteiger partial charge in [-0.25, -0.2) is 4.98 Å². The fourth-order valence-corrected chi connectivity index (χ4v) is 2.22. The third-order valence-electron chi connectivity index (χ3n) is 3.32. The Morgan fingerprint density at radius 2 is 2.06 bits per heavy atom. The number of aromatic nitrogens is 2. The third-order valence-corrected chi connectivity index (χ3v) is 3.32. The molecular weight excluding hydrogens is 210 g/mol. The van der Waals surface area contributed by atoms with E-state index in [2.05, 4.69) is 50.6 Å². The molecule has 1 unspecified atom stereocenters. The van der Waals surface area contributed by atoms with Crippen molar-refractivity contribution in [3.8, 4) is 0 Å². The standard InChI is InChI=1S/C14H21N3/c1-5-11(15)10-6-7-13-12(8-10)16-14(9(2)3)17(13)4/h6-9,11H,5,15H2,1-4H3. The van der Waals surface area contributed by atoms with Crippen LogP contribution in [0.4, 0.5) is 0 Å². The largest absolute Gasteiger partial charge is 0.331 e. The van der Waals surface area contributed by atoms with Gasteiger partial charge in [-0.3, -0.25) is 0 Å². The van der Waals surface area contributed by atoms with Crippen molar-refractivity contribution in [3.05, 3.63) is 29.6 Å². The van der Waals surface area contributed by atoms with E-state index in [0.29, 0.717) is 5.92 Å². The van der Waals surface area contributed by atoms with Crippen molar-refractivity contribution in [2.75, 3.05) is 0 Å². The van der Waals surface area contributed by atoms with E-state index in [-0.39, 0.29) is 6.04 Å². The van der Waals surface area contributed by atoms with Gasteiger partial charge in [-0.2, -0.15) is 0 Å². The molecule has 1 atom stereocenters. The molecular formula is C14H21N3. The average Bonchev–Trinajstić information content (AvgIpc) is 2.65. The summed E-state index contributed by atoms with van der Waals surface area (Å²) < 4.78 is 2.17. The summed E-state index contributed by atoms with van der Waals surface area (Å²) in [6.45, 7) is 6.44. The van der Waals surface area contributed by atoms with Crippen molar-refractivity contribution < 1.29 is 0 Å². The van der Waals surface area contributed by atoms with Crippen LogP contribution in [-0.4, -0.2) is 9.55 Å².